The molecular formula is C13H16N2O2S. The lowest BCUT2D eigenvalue weighted by Gasteiger charge is -2.34. The van der Waals surface area contributed by atoms with Crippen LogP contribution in [0.3, 0.4) is 0 Å². The molecule has 5 heteroatoms. The number of hydrogen-bond donors (Lipinski definition) is 1. The van der Waals surface area contributed by atoms with Crippen LogP contribution in [0.2, 0.25) is 0 Å². The number of Topliss-reactive ketones (excluding diaryl/α,β-unsaturated/α-hetero) is 1. The number of nitrogens with zero attached hydrogens (tertiary/aromatic N) is 1. The van der Waals surface area contributed by atoms with Crippen molar-refractivity contribution in [2.24, 2.45) is 0 Å². The van der Waals surface area contributed by atoms with Crippen LogP contribution in [0.1, 0.15) is 29.8 Å². The molecule has 1 saturated heterocycles. The summed E-state index contributed by atoms with van der Waals surface area (Å²) in [4.78, 5) is 18.1. The van der Waals surface area contributed by atoms with Gasteiger partial charge in [0, 0.05) is 5.56 Å². The Morgan fingerprint density at radius 1 is 1.56 bits per heavy atom. The number of nitrogens with one attached hydrogen (secondary N) is 1. The van der Waals surface area contributed by atoms with Crippen LogP contribution < -0.4 is 10.4 Å². The molecular weight excluding hydrogens is 248 g/mol. The van der Waals surface area contributed by atoms with Gasteiger partial charge in [0.25, 0.3) is 0 Å². The third-order valence-corrected chi connectivity index (χ3v) is 3.40. The van der Waals surface area contributed by atoms with Gasteiger partial charge in [-0.3, -0.25) is 9.63 Å². The minimum Gasteiger partial charge on any atom is -0.358 e. The van der Waals surface area contributed by atoms with E-state index in [1.165, 1.54) is 0 Å². The molecule has 2 rings (SSSR count). The standard InChI is InChI=1S/C13H16N2O2S/c1-8-5-4-6-11(12(8)9(2)16)15-7-14-13(18)10(3)17-15/h4-6,10H,7H2,1-3H3,(H,14,18). The summed E-state index contributed by atoms with van der Waals surface area (Å²) in [6, 6.07) is 5.72. The topological polar surface area (TPSA) is 41.6 Å². The van der Waals surface area contributed by atoms with Crippen molar-refractivity contribution in [1.29, 1.82) is 0 Å². The van der Waals surface area contributed by atoms with Crippen molar-refractivity contribution >= 4 is 28.7 Å². The number of ketones is 1. The first-order valence-electron chi connectivity index (χ1n) is 5.83. The van der Waals surface area contributed by atoms with Gasteiger partial charge in [-0.25, -0.2) is 5.06 Å². The molecule has 0 aromatic heterocycles. The van der Waals surface area contributed by atoms with Gasteiger partial charge in [0.05, 0.1) is 5.69 Å². The second kappa shape index (κ2) is 5.04. The number of hydrogen-bond acceptors (Lipinski definition) is 4. The third-order valence-electron chi connectivity index (χ3n) is 2.92. The van der Waals surface area contributed by atoms with E-state index in [1.807, 2.05) is 32.0 Å². The van der Waals surface area contributed by atoms with E-state index in [0.29, 0.717) is 17.2 Å². The lowest BCUT2D eigenvalue weighted by Crippen LogP contribution is -2.50. The minimum atomic E-state index is -0.186. The molecule has 1 aliphatic rings. The van der Waals surface area contributed by atoms with Crippen molar-refractivity contribution in [2.75, 3.05) is 11.7 Å². The molecule has 1 heterocycles. The van der Waals surface area contributed by atoms with Crippen molar-refractivity contribution in [2.45, 2.75) is 26.9 Å². The van der Waals surface area contributed by atoms with E-state index >= 15 is 0 Å². The highest BCUT2D eigenvalue weighted by molar-refractivity contribution is 7.80. The first kappa shape index (κ1) is 13.0. The van der Waals surface area contributed by atoms with Crippen molar-refractivity contribution in [3.8, 4) is 0 Å². The quantitative estimate of drug-likeness (QED) is 0.655. The Balaban J connectivity index is 2.37. The zero-order chi connectivity index (χ0) is 13.3. The Morgan fingerprint density at radius 3 is 2.89 bits per heavy atom. The van der Waals surface area contributed by atoms with Crippen LogP contribution in [-0.4, -0.2) is 23.5 Å². The highest BCUT2D eigenvalue weighted by Crippen LogP contribution is 2.26. The Morgan fingerprint density at radius 2 is 2.28 bits per heavy atom. The number of thiocarbonyl (C=S) groups is 1. The summed E-state index contributed by atoms with van der Waals surface area (Å²) in [5.74, 6) is 0.0347. The van der Waals surface area contributed by atoms with Crippen LogP contribution in [-0.2, 0) is 4.84 Å². The number of benzene rings is 1. The minimum absolute atomic E-state index is 0.0347. The lowest BCUT2D eigenvalue weighted by molar-refractivity contribution is 0.0671. The summed E-state index contributed by atoms with van der Waals surface area (Å²) in [5, 5.41) is 4.77. The molecule has 0 amide bonds. The molecule has 96 valence electrons. The van der Waals surface area contributed by atoms with Gasteiger partial charge in [0.15, 0.2) is 5.78 Å². The number of aryl methyl sites for hydroxylation is 1. The van der Waals surface area contributed by atoms with Gasteiger partial charge < -0.3 is 5.32 Å². The first-order chi connectivity index (χ1) is 8.50. The molecule has 1 N–H and O–H groups in total. The normalized spacial score (nSPS) is 19.6. The zero-order valence-electron chi connectivity index (χ0n) is 10.7. The average Bonchev–Trinajstić information content (AvgIpc) is 2.32. The van der Waals surface area contributed by atoms with Crippen LogP contribution in [0.25, 0.3) is 0 Å². The monoisotopic (exact) mass is 264 g/mol. The van der Waals surface area contributed by atoms with Gasteiger partial charge in [-0.2, -0.15) is 0 Å². The Labute approximate surface area is 112 Å². The summed E-state index contributed by atoms with van der Waals surface area (Å²) < 4.78 is 0. The summed E-state index contributed by atoms with van der Waals surface area (Å²) in [7, 11) is 0. The molecule has 0 saturated carbocycles. The Kier molecular flexibility index (Phi) is 3.63. The van der Waals surface area contributed by atoms with E-state index < -0.39 is 0 Å². The highest BCUT2D eigenvalue weighted by atomic mass is 32.1. The molecule has 1 aromatic carbocycles. The van der Waals surface area contributed by atoms with Gasteiger partial charge >= 0.3 is 0 Å². The molecule has 1 aromatic rings. The van der Waals surface area contributed by atoms with E-state index in [2.05, 4.69) is 5.32 Å². The van der Waals surface area contributed by atoms with Crippen molar-refractivity contribution in [3.63, 3.8) is 0 Å². The molecule has 1 unspecified atom stereocenters. The number of carbonyl (C=O) groups is 1. The van der Waals surface area contributed by atoms with Gasteiger partial charge in [-0.15, -0.1) is 0 Å². The van der Waals surface area contributed by atoms with Crippen LogP contribution in [0.5, 0.6) is 0 Å². The fraction of sp³-hybridized carbons (Fsp3) is 0.385. The number of rotatable bonds is 2. The van der Waals surface area contributed by atoms with Crippen LogP contribution in [0.15, 0.2) is 18.2 Å². The molecule has 0 spiro atoms. The van der Waals surface area contributed by atoms with Crippen LogP contribution in [0.4, 0.5) is 5.69 Å². The van der Waals surface area contributed by atoms with Gasteiger partial charge in [0.1, 0.15) is 17.8 Å². The molecule has 1 atom stereocenters. The summed E-state index contributed by atoms with van der Waals surface area (Å²) in [5.41, 5.74) is 2.42. The molecule has 0 aliphatic carbocycles. The summed E-state index contributed by atoms with van der Waals surface area (Å²) >= 11 is 5.11. The second-order valence-corrected chi connectivity index (χ2v) is 4.79. The predicted molar refractivity (Wildman–Crippen MR) is 74.8 cm³/mol. The van der Waals surface area contributed by atoms with E-state index in [1.54, 1.807) is 12.0 Å². The van der Waals surface area contributed by atoms with Gasteiger partial charge in [0.2, 0.25) is 0 Å². The third kappa shape index (κ3) is 2.37. The maximum Gasteiger partial charge on any atom is 0.162 e. The predicted octanol–water partition coefficient (Wildman–Crippen LogP) is 2.21. The van der Waals surface area contributed by atoms with Crippen LogP contribution in [0, 0.1) is 6.92 Å². The summed E-state index contributed by atoms with van der Waals surface area (Å²) in [6.07, 6.45) is -0.186. The summed E-state index contributed by atoms with van der Waals surface area (Å²) in [6.45, 7) is 5.82. The second-order valence-electron chi connectivity index (χ2n) is 4.35. The van der Waals surface area contributed by atoms with Crippen molar-refractivity contribution in [3.05, 3.63) is 29.3 Å². The molecule has 1 aliphatic heterocycles. The highest BCUT2D eigenvalue weighted by Gasteiger charge is 2.24. The van der Waals surface area contributed by atoms with Crippen LogP contribution >= 0.6 is 12.2 Å². The fourth-order valence-corrected chi connectivity index (χ4v) is 2.14. The molecule has 0 bridgehead atoms. The van der Waals surface area contributed by atoms with Crippen molar-refractivity contribution in [1.82, 2.24) is 5.32 Å². The smallest absolute Gasteiger partial charge is 0.162 e. The van der Waals surface area contributed by atoms with Crippen molar-refractivity contribution < 1.29 is 9.63 Å². The Bertz CT molecular complexity index is 502. The van der Waals surface area contributed by atoms with E-state index in [9.17, 15) is 4.79 Å². The number of carbonyl (C=O) groups excluding carboxylic acids is 1. The van der Waals surface area contributed by atoms with E-state index in [4.69, 9.17) is 17.1 Å². The van der Waals surface area contributed by atoms with Gasteiger partial charge in [-0.1, -0.05) is 24.4 Å². The maximum atomic E-state index is 11.7. The average molecular weight is 264 g/mol. The molecule has 1 fully saturated rings. The van der Waals surface area contributed by atoms with E-state index in [-0.39, 0.29) is 11.9 Å². The Hall–Kier alpha value is -1.46. The lowest BCUT2D eigenvalue weighted by atomic mass is 10.0. The fourth-order valence-electron chi connectivity index (χ4n) is 2.03. The molecule has 18 heavy (non-hydrogen) atoms. The number of hydroxylamine groups is 1. The largest absolute Gasteiger partial charge is 0.358 e. The molecule has 0 radical (unpaired) electrons. The van der Waals surface area contributed by atoms with Gasteiger partial charge in [-0.05, 0) is 32.4 Å². The zero-order valence-corrected chi connectivity index (χ0v) is 11.5. The SMILES string of the molecule is CC(=O)c1c(C)cccc1N1CNC(=S)C(C)O1. The first-order valence-corrected chi connectivity index (χ1v) is 6.24. The maximum absolute atomic E-state index is 11.7. The molecule has 4 nitrogen and oxygen atoms in total. The van der Waals surface area contributed by atoms with E-state index in [0.717, 1.165) is 11.3 Å². The number of anilines is 1.